The van der Waals surface area contributed by atoms with E-state index in [1.54, 1.807) is 12.1 Å². The van der Waals surface area contributed by atoms with Crippen molar-refractivity contribution in [2.75, 3.05) is 0 Å². The van der Waals surface area contributed by atoms with E-state index < -0.39 is 11.9 Å². The molecule has 3 rings (SSSR count). The topological polar surface area (TPSA) is 88.0 Å². The van der Waals surface area contributed by atoms with Gasteiger partial charge in [0.25, 0.3) is 5.91 Å². The van der Waals surface area contributed by atoms with Gasteiger partial charge in [0.2, 0.25) is 5.91 Å². The van der Waals surface area contributed by atoms with Crippen LogP contribution >= 0.6 is 31.9 Å². The van der Waals surface area contributed by atoms with Crippen LogP contribution in [0.3, 0.4) is 0 Å². The van der Waals surface area contributed by atoms with Gasteiger partial charge in [0, 0.05) is 38.0 Å². The van der Waals surface area contributed by atoms with E-state index in [0.717, 1.165) is 25.4 Å². The van der Waals surface area contributed by atoms with Gasteiger partial charge in [0.1, 0.15) is 6.04 Å². The number of nitrogens with one attached hydrogen (secondary N) is 2. The molecule has 0 spiro atoms. The zero-order valence-electron chi connectivity index (χ0n) is 13.1. The fraction of sp³-hybridized carbons (Fsp3) is 0.111. The van der Waals surface area contributed by atoms with Crippen molar-refractivity contribution in [2.24, 2.45) is 5.73 Å². The smallest absolute Gasteiger partial charge is 0.252 e. The van der Waals surface area contributed by atoms with Crippen molar-refractivity contribution in [3.63, 3.8) is 0 Å². The molecule has 0 radical (unpaired) electrons. The maximum absolute atomic E-state index is 12.5. The molecule has 4 N–H and O–H groups in total. The van der Waals surface area contributed by atoms with Crippen molar-refractivity contribution in [1.82, 2.24) is 10.3 Å². The number of aromatic nitrogens is 1. The number of amides is 2. The lowest BCUT2D eigenvalue weighted by atomic mass is 10.0. The number of benzene rings is 2. The molecule has 1 atom stereocenters. The molecule has 3 aromatic rings. The molecular weight excluding hydrogens is 450 g/mol. The molecule has 0 saturated heterocycles. The molecule has 2 amide bonds. The largest absolute Gasteiger partial charge is 0.368 e. The number of nitrogens with two attached hydrogens (primary N) is 1. The maximum Gasteiger partial charge on any atom is 0.252 e. The van der Waals surface area contributed by atoms with E-state index in [4.69, 9.17) is 5.73 Å². The van der Waals surface area contributed by atoms with E-state index in [9.17, 15) is 9.59 Å². The molecular formula is C18H15Br2N3O2. The van der Waals surface area contributed by atoms with Crippen LogP contribution < -0.4 is 11.1 Å². The SMILES string of the molecule is NC(=O)[C@@H](Cc1c[nH]c2ccccc12)NC(=O)c1cc(Br)cc(Br)c1. The fourth-order valence-electron chi connectivity index (χ4n) is 2.67. The number of carbonyl (C=O) groups is 2. The molecule has 0 unspecified atom stereocenters. The number of para-hydroxylation sites is 1. The number of halogens is 2. The molecule has 0 aliphatic heterocycles. The first-order valence-corrected chi connectivity index (χ1v) is 9.14. The summed E-state index contributed by atoms with van der Waals surface area (Å²) in [5, 5.41) is 3.73. The van der Waals surface area contributed by atoms with E-state index in [-0.39, 0.29) is 5.91 Å². The van der Waals surface area contributed by atoms with Crippen molar-refractivity contribution in [3.05, 3.63) is 68.7 Å². The minimum atomic E-state index is -0.801. The lowest BCUT2D eigenvalue weighted by Crippen LogP contribution is -2.45. The minimum absolute atomic E-state index is 0.320. The Kier molecular flexibility index (Phi) is 5.24. The Hall–Kier alpha value is -2.12. The first kappa shape index (κ1) is 17.7. The highest BCUT2D eigenvalue weighted by Gasteiger charge is 2.21. The molecule has 0 saturated carbocycles. The summed E-state index contributed by atoms with van der Waals surface area (Å²) in [5.74, 6) is -0.932. The number of H-pyrrole nitrogens is 1. The summed E-state index contributed by atoms with van der Waals surface area (Å²) in [7, 11) is 0. The van der Waals surface area contributed by atoms with Crippen LogP contribution in [0.15, 0.2) is 57.6 Å². The number of fused-ring (bicyclic) bond motifs is 1. The fourth-order valence-corrected chi connectivity index (χ4v) is 3.96. The Morgan fingerprint density at radius 1 is 1.12 bits per heavy atom. The van der Waals surface area contributed by atoms with Crippen molar-refractivity contribution in [2.45, 2.75) is 12.5 Å². The van der Waals surface area contributed by atoms with Gasteiger partial charge in [-0.2, -0.15) is 0 Å². The first-order chi connectivity index (χ1) is 11.9. The maximum atomic E-state index is 12.5. The van der Waals surface area contributed by atoms with Gasteiger partial charge in [-0.15, -0.1) is 0 Å². The van der Waals surface area contributed by atoms with Gasteiger partial charge in [-0.3, -0.25) is 9.59 Å². The number of rotatable bonds is 5. The van der Waals surface area contributed by atoms with Crippen molar-refractivity contribution in [3.8, 4) is 0 Å². The van der Waals surface area contributed by atoms with E-state index >= 15 is 0 Å². The monoisotopic (exact) mass is 463 g/mol. The summed E-state index contributed by atoms with van der Waals surface area (Å²) >= 11 is 6.69. The van der Waals surface area contributed by atoms with Crippen LogP contribution in [0.2, 0.25) is 0 Å². The molecule has 0 fully saturated rings. The predicted octanol–water partition coefficient (Wildman–Crippen LogP) is 3.52. The van der Waals surface area contributed by atoms with Crippen LogP contribution in [0.5, 0.6) is 0 Å². The van der Waals surface area contributed by atoms with Crippen LogP contribution in [-0.2, 0) is 11.2 Å². The molecule has 5 nitrogen and oxygen atoms in total. The van der Waals surface area contributed by atoms with Crippen molar-refractivity contribution >= 4 is 54.6 Å². The third-order valence-corrected chi connectivity index (χ3v) is 4.79. The Morgan fingerprint density at radius 3 is 2.48 bits per heavy atom. The third kappa shape index (κ3) is 4.11. The first-order valence-electron chi connectivity index (χ1n) is 7.55. The molecule has 7 heteroatoms. The molecule has 0 aliphatic rings. The second-order valence-corrected chi connectivity index (χ2v) is 7.48. The van der Waals surface area contributed by atoms with Crippen LogP contribution in [0.25, 0.3) is 10.9 Å². The molecule has 25 heavy (non-hydrogen) atoms. The van der Waals surface area contributed by atoms with Gasteiger partial charge in [-0.05, 0) is 29.8 Å². The van der Waals surface area contributed by atoms with Crippen LogP contribution in [0.1, 0.15) is 15.9 Å². The quantitative estimate of drug-likeness (QED) is 0.539. The minimum Gasteiger partial charge on any atom is -0.368 e. The molecule has 1 heterocycles. The van der Waals surface area contributed by atoms with Crippen LogP contribution in [0, 0.1) is 0 Å². The molecule has 1 aromatic heterocycles. The summed E-state index contributed by atoms with van der Waals surface area (Å²) in [4.78, 5) is 27.5. The summed E-state index contributed by atoms with van der Waals surface area (Å²) in [5.41, 5.74) is 7.84. The summed E-state index contributed by atoms with van der Waals surface area (Å²) in [6.07, 6.45) is 2.16. The summed E-state index contributed by atoms with van der Waals surface area (Å²) < 4.78 is 1.53. The lowest BCUT2D eigenvalue weighted by Gasteiger charge is -2.15. The van der Waals surface area contributed by atoms with Gasteiger partial charge < -0.3 is 16.0 Å². The van der Waals surface area contributed by atoms with Gasteiger partial charge in [-0.1, -0.05) is 50.1 Å². The number of hydrogen-bond acceptors (Lipinski definition) is 2. The third-order valence-electron chi connectivity index (χ3n) is 3.87. The Bertz CT molecular complexity index is 932. The predicted molar refractivity (Wildman–Crippen MR) is 104 cm³/mol. The van der Waals surface area contributed by atoms with Gasteiger partial charge in [-0.25, -0.2) is 0 Å². The Labute approximate surface area is 161 Å². The zero-order chi connectivity index (χ0) is 18.0. The van der Waals surface area contributed by atoms with E-state index in [1.807, 2.05) is 36.5 Å². The second-order valence-electron chi connectivity index (χ2n) is 5.65. The standard InChI is InChI=1S/C18H15Br2N3O2/c19-12-5-10(6-13(20)8-12)18(25)23-16(17(21)24)7-11-9-22-15-4-2-1-3-14(11)15/h1-6,8-9,16,22H,7H2,(H2,21,24)(H,23,25)/t16-/m1/s1. The van der Waals surface area contributed by atoms with E-state index in [2.05, 4.69) is 42.2 Å². The number of aromatic amines is 1. The summed E-state index contributed by atoms with van der Waals surface area (Å²) in [6.45, 7) is 0. The lowest BCUT2D eigenvalue weighted by molar-refractivity contribution is -0.119. The normalized spacial score (nSPS) is 12.1. The van der Waals surface area contributed by atoms with E-state index in [0.29, 0.717) is 12.0 Å². The van der Waals surface area contributed by atoms with Gasteiger partial charge in [0.15, 0.2) is 0 Å². The van der Waals surface area contributed by atoms with Gasteiger partial charge >= 0.3 is 0 Å². The summed E-state index contributed by atoms with van der Waals surface area (Å²) in [6, 6.07) is 12.2. The molecule has 0 bridgehead atoms. The number of carbonyl (C=O) groups excluding carboxylic acids is 2. The average Bonchev–Trinajstić information content (AvgIpc) is 2.96. The molecule has 0 aliphatic carbocycles. The van der Waals surface area contributed by atoms with Crippen LogP contribution in [0.4, 0.5) is 0 Å². The average molecular weight is 465 g/mol. The van der Waals surface area contributed by atoms with Crippen molar-refractivity contribution in [1.29, 1.82) is 0 Å². The van der Waals surface area contributed by atoms with E-state index in [1.165, 1.54) is 0 Å². The number of primary amides is 1. The number of hydrogen-bond donors (Lipinski definition) is 3. The highest BCUT2D eigenvalue weighted by atomic mass is 79.9. The van der Waals surface area contributed by atoms with Crippen LogP contribution in [-0.4, -0.2) is 22.8 Å². The Morgan fingerprint density at radius 2 is 1.80 bits per heavy atom. The van der Waals surface area contributed by atoms with Crippen molar-refractivity contribution < 1.29 is 9.59 Å². The molecule has 128 valence electrons. The van der Waals surface area contributed by atoms with Gasteiger partial charge in [0.05, 0.1) is 0 Å². The zero-order valence-corrected chi connectivity index (χ0v) is 16.2. The highest BCUT2D eigenvalue weighted by molar-refractivity contribution is 9.11. The second kappa shape index (κ2) is 7.41. The highest BCUT2D eigenvalue weighted by Crippen LogP contribution is 2.21. The Balaban J connectivity index is 1.82. The molecule has 2 aromatic carbocycles.